The number of hydrogen-bond acceptors (Lipinski definition) is 3. The summed E-state index contributed by atoms with van der Waals surface area (Å²) in [6, 6.07) is 12.1. The van der Waals surface area contributed by atoms with Crippen molar-refractivity contribution in [3.05, 3.63) is 65.6 Å². The topological polar surface area (TPSA) is 46.4 Å². The van der Waals surface area contributed by atoms with Gasteiger partial charge >= 0.3 is 0 Å². The van der Waals surface area contributed by atoms with Gasteiger partial charge in [-0.05, 0) is 43.2 Å². The fourth-order valence-corrected chi connectivity index (χ4v) is 3.30. The normalized spacial score (nSPS) is 10.9. The molecule has 124 valence electrons. The van der Waals surface area contributed by atoms with Crippen molar-refractivity contribution < 1.29 is 4.79 Å². The first-order valence-corrected chi connectivity index (χ1v) is 9.15. The van der Waals surface area contributed by atoms with E-state index in [0.717, 1.165) is 39.7 Å². The number of carbonyl (C=O) groups is 1. The molecule has 2 heterocycles. The maximum Gasteiger partial charge on any atom is 0.225 e. The molecule has 0 aliphatic rings. The van der Waals surface area contributed by atoms with Gasteiger partial charge in [0.1, 0.15) is 5.65 Å². The van der Waals surface area contributed by atoms with Crippen LogP contribution in [0.2, 0.25) is 0 Å². The lowest BCUT2D eigenvalue weighted by Gasteiger charge is -2.09. The molecule has 0 aliphatic carbocycles. The molecule has 24 heavy (non-hydrogen) atoms. The van der Waals surface area contributed by atoms with Crippen molar-refractivity contribution in [1.82, 2.24) is 9.38 Å². The summed E-state index contributed by atoms with van der Waals surface area (Å²) >= 11 is 1.73. The van der Waals surface area contributed by atoms with Gasteiger partial charge in [0.15, 0.2) is 0 Å². The van der Waals surface area contributed by atoms with Crippen molar-refractivity contribution in [1.29, 1.82) is 0 Å². The number of nitrogens with zero attached hydrogens (tertiary/aromatic N) is 2. The molecule has 0 saturated heterocycles. The van der Waals surface area contributed by atoms with E-state index >= 15 is 0 Å². The summed E-state index contributed by atoms with van der Waals surface area (Å²) in [5.41, 5.74) is 5.15. The zero-order valence-corrected chi connectivity index (χ0v) is 14.8. The molecule has 0 aliphatic heterocycles. The maximum absolute atomic E-state index is 12.1. The first-order valence-electron chi connectivity index (χ1n) is 7.99. The molecule has 4 nitrogen and oxygen atoms in total. The third-order valence-corrected chi connectivity index (χ3v) is 4.80. The SMILES string of the molecule is Cc1ccc(C)c(NC(=O)CCSCc2cn3ccccc3n2)c1. The van der Waals surface area contributed by atoms with Crippen molar-refractivity contribution in [2.45, 2.75) is 26.0 Å². The number of aromatic nitrogens is 2. The van der Waals surface area contributed by atoms with Crippen molar-refractivity contribution in [2.75, 3.05) is 11.1 Å². The molecule has 0 bridgehead atoms. The predicted molar refractivity (Wildman–Crippen MR) is 101 cm³/mol. The Morgan fingerprint density at radius 2 is 2.12 bits per heavy atom. The molecule has 1 amide bonds. The molecule has 0 fully saturated rings. The average Bonchev–Trinajstić information content (AvgIpc) is 2.98. The van der Waals surface area contributed by atoms with E-state index < -0.39 is 0 Å². The van der Waals surface area contributed by atoms with Crippen LogP contribution in [-0.4, -0.2) is 21.0 Å². The largest absolute Gasteiger partial charge is 0.326 e. The summed E-state index contributed by atoms with van der Waals surface area (Å²) in [7, 11) is 0. The molecule has 3 aromatic rings. The molecule has 0 atom stereocenters. The Bertz CT molecular complexity index is 824. The van der Waals surface area contributed by atoms with E-state index in [9.17, 15) is 4.79 Å². The van der Waals surface area contributed by atoms with Crippen molar-refractivity contribution >= 4 is 29.0 Å². The molecule has 3 rings (SSSR count). The minimum absolute atomic E-state index is 0.0613. The lowest BCUT2D eigenvalue weighted by atomic mass is 10.1. The highest BCUT2D eigenvalue weighted by Crippen LogP contribution is 2.18. The molecule has 1 N–H and O–H groups in total. The lowest BCUT2D eigenvalue weighted by Crippen LogP contribution is -2.13. The van der Waals surface area contributed by atoms with Crippen LogP contribution in [0.4, 0.5) is 5.69 Å². The highest BCUT2D eigenvalue weighted by Gasteiger charge is 2.06. The zero-order chi connectivity index (χ0) is 16.9. The van der Waals surface area contributed by atoms with Crippen LogP contribution in [0.15, 0.2) is 48.8 Å². The van der Waals surface area contributed by atoms with Gasteiger partial charge < -0.3 is 9.72 Å². The first-order chi connectivity index (χ1) is 11.6. The van der Waals surface area contributed by atoms with E-state index in [0.29, 0.717) is 6.42 Å². The second-order valence-electron chi connectivity index (χ2n) is 5.87. The Morgan fingerprint density at radius 3 is 2.96 bits per heavy atom. The maximum atomic E-state index is 12.1. The first kappa shape index (κ1) is 16.6. The number of aryl methyl sites for hydroxylation is 2. The number of carbonyl (C=O) groups excluding carboxylic acids is 1. The molecular formula is C19H21N3OS. The van der Waals surface area contributed by atoms with Gasteiger partial charge in [-0.3, -0.25) is 4.79 Å². The Balaban J connectivity index is 1.46. The van der Waals surface area contributed by atoms with Gasteiger partial charge in [-0.15, -0.1) is 0 Å². The average molecular weight is 339 g/mol. The van der Waals surface area contributed by atoms with Gasteiger partial charge in [0, 0.05) is 36.0 Å². The van der Waals surface area contributed by atoms with Crippen LogP contribution >= 0.6 is 11.8 Å². The fourth-order valence-electron chi connectivity index (χ4n) is 2.48. The second-order valence-corrected chi connectivity index (χ2v) is 6.97. The predicted octanol–water partition coefficient (Wildman–Crippen LogP) is 4.21. The number of benzene rings is 1. The number of rotatable bonds is 6. The number of nitrogens with one attached hydrogen (secondary N) is 1. The number of anilines is 1. The smallest absolute Gasteiger partial charge is 0.225 e. The Kier molecular flexibility index (Phi) is 5.20. The summed E-state index contributed by atoms with van der Waals surface area (Å²) in [5, 5.41) is 3.00. The number of fused-ring (bicyclic) bond motifs is 1. The van der Waals surface area contributed by atoms with Crippen LogP contribution < -0.4 is 5.32 Å². The third-order valence-electron chi connectivity index (χ3n) is 3.80. The van der Waals surface area contributed by atoms with Crippen molar-refractivity contribution in [2.24, 2.45) is 0 Å². The summed E-state index contributed by atoms with van der Waals surface area (Å²) in [6.07, 6.45) is 4.54. The summed E-state index contributed by atoms with van der Waals surface area (Å²) in [4.78, 5) is 16.6. The minimum Gasteiger partial charge on any atom is -0.326 e. The van der Waals surface area contributed by atoms with E-state index in [4.69, 9.17) is 0 Å². The number of thioether (sulfide) groups is 1. The molecule has 1 aromatic carbocycles. The molecule has 5 heteroatoms. The van der Waals surface area contributed by atoms with Crippen LogP contribution in [0.3, 0.4) is 0 Å². The molecule has 0 unspecified atom stereocenters. The zero-order valence-electron chi connectivity index (χ0n) is 14.0. The van der Waals surface area contributed by atoms with Crippen LogP contribution in [0.5, 0.6) is 0 Å². The highest BCUT2D eigenvalue weighted by atomic mass is 32.2. The number of amides is 1. The Hall–Kier alpha value is -2.27. The van der Waals surface area contributed by atoms with E-state index in [1.54, 1.807) is 11.8 Å². The van der Waals surface area contributed by atoms with Gasteiger partial charge in [0.2, 0.25) is 5.91 Å². The number of hydrogen-bond donors (Lipinski definition) is 1. The highest BCUT2D eigenvalue weighted by molar-refractivity contribution is 7.98. The van der Waals surface area contributed by atoms with Crippen LogP contribution in [0.25, 0.3) is 5.65 Å². The van der Waals surface area contributed by atoms with Crippen LogP contribution in [0.1, 0.15) is 23.2 Å². The lowest BCUT2D eigenvalue weighted by molar-refractivity contribution is -0.115. The molecule has 2 aromatic heterocycles. The van der Waals surface area contributed by atoms with Crippen molar-refractivity contribution in [3.8, 4) is 0 Å². The van der Waals surface area contributed by atoms with Crippen LogP contribution in [0, 0.1) is 13.8 Å². The number of imidazole rings is 1. The van der Waals surface area contributed by atoms with Gasteiger partial charge in [0.25, 0.3) is 0 Å². The Labute approximate surface area is 146 Å². The van der Waals surface area contributed by atoms with Gasteiger partial charge in [-0.25, -0.2) is 4.98 Å². The van der Waals surface area contributed by atoms with Gasteiger partial charge in [-0.2, -0.15) is 11.8 Å². The Morgan fingerprint density at radius 1 is 1.25 bits per heavy atom. The summed E-state index contributed by atoms with van der Waals surface area (Å²) < 4.78 is 2.02. The second kappa shape index (κ2) is 7.53. The quantitative estimate of drug-likeness (QED) is 0.684. The summed E-state index contributed by atoms with van der Waals surface area (Å²) in [6.45, 7) is 4.03. The van der Waals surface area contributed by atoms with Gasteiger partial charge in [0.05, 0.1) is 5.69 Å². The molecule has 0 radical (unpaired) electrons. The molecular weight excluding hydrogens is 318 g/mol. The minimum atomic E-state index is 0.0613. The molecule has 0 saturated carbocycles. The summed E-state index contributed by atoms with van der Waals surface area (Å²) in [5.74, 6) is 1.66. The molecule has 0 spiro atoms. The van der Waals surface area contributed by atoms with Crippen LogP contribution in [-0.2, 0) is 10.5 Å². The van der Waals surface area contributed by atoms with E-state index in [1.807, 2.05) is 61.0 Å². The monoisotopic (exact) mass is 339 g/mol. The number of pyridine rings is 1. The van der Waals surface area contributed by atoms with E-state index in [-0.39, 0.29) is 5.91 Å². The third kappa shape index (κ3) is 4.17. The standard InChI is InChI=1S/C19H21N3OS/c1-14-6-7-15(2)17(11-14)21-19(23)8-10-24-13-16-12-22-9-4-3-5-18(22)20-16/h3-7,9,11-12H,8,10,13H2,1-2H3,(H,21,23). The fraction of sp³-hybridized carbons (Fsp3) is 0.263. The van der Waals surface area contributed by atoms with Gasteiger partial charge in [-0.1, -0.05) is 18.2 Å². The van der Waals surface area contributed by atoms with E-state index in [1.165, 1.54) is 0 Å². The van der Waals surface area contributed by atoms with Crippen molar-refractivity contribution in [3.63, 3.8) is 0 Å². The van der Waals surface area contributed by atoms with E-state index in [2.05, 4.69) is 16.4 Å².